The normalized spacial score (nSPS) is 18.4. The molecule has 20 heavy (non-hydrogen) atoms. The maximum Gasteiger partial charge on any atom is 0.271 e. The van der Waals surface area contributed by atoms with Crippen LogP contribution in [-0.4, -0.2) is 41.0 Å². The summed E-state index contributed by atoms with van der Waals surface area (Å²) < 4.78 is 5.94. The summed E-state index contributed by atoms with van der Waals surface area (Å²) in [7, 11) is 0. The van der Waals surface area contributed by atoms with Crippen LogP contribution in [-0.2, 0) is 4.79 Å². The van der Waals surface area contributed by atoms with Crippen molar-refractivity contribution in [3.05, 3.63) is 24.3 Å². The average Bonchev–Trinajstić information content (AvgIpc) is 2.49. The fourth-order valence-corrected chi connectivity index (χ4v) is 2.52. The van der Waals surface area contributed by atoms with Gasteiger partial charge < -0.3 is 19.8 Å². The third kappa shape index (κ3) is 2.39. The van der Waals surface area contributed by atoms with Crippen LogP contribution >= 0.6 is 0 Å². The summed E-state index contributed by atoms with van der Waals surface area (Å²) in [6, 6.07) is 7.27. The van der Waals surface area contributed by atoms with E-state index in [1.165, 1.54) is 4.90 Å². The first-order chi connectivity index (χ1) is 9.57. The number of carbonyl (C=O) groups excluding carboxylic acids is 1. The Morgan fingerprint density at radius 1 is 1.30 bits per heavy atom. The number of aliphatic hydroxyl groups excluding tert-OH is 2. The topological polar surface area (TPSA) is 70.0 Å². The molecule has 0 aromatic heterocycles. The summed E-state index contributed by atoms with van der Waals surface area (Å²) >= 11 is 0. The van der Waals surface area contributed by atoms with E-state index in [1.807, 2.05) is 32.0 Å². The molecule has 1 aromatic rings. The summed E-state index contributed by atoms with van der Waals surface area (Å²) in [5.41, 5.74) is -0.244. The molecule has 0 fully saturated rings. The first-order valence-corrected chi connectivity index (χ1v) is 6.97. The molecule has 110 valence electrons. The zero-order valence-electron chi connectivity index (χ0n) is 11.9. The standard InChI is InChI=1S/C15H21NO4/c1-3-15(4-2)14(19)16(9-11(18)10-17)12-7-5-6-8-13(12)20-15/h5-8,11,17-18H,3-4,9-10H2,1-2H3. The van der Waals surface area contributed by atoms with Gasteiger partial charge in [0.2, 0.25) is 0 Å². The minimum absolute atomic E-state index is 0.0669. The van der Waals surface area contributed by atoms with E-state index in [2.05, 4.69) is 0 Å². The lowest BCUT2D eigenvalue weighted by Crippen LogP contribution is -2.57. The lowest BCUT2D eigenvalue weighted by molar-refractivity contribution is -0.136. The molecular formula is C15H21NO4. The first kappa shape index (κ1) is 14.8. The van der Waals surface area contributed by atoms with Crippen molar-refractivity contribution in [3.8, 4) is 5.75 Å². The largest absolute Gasteiger partial charge is 0.475 e. The van der Waals surface area contributed by atoms with Crippen LogP contribution in [0.4, 0.5) is 5.69 Å². The van der Waals surface area contributed by atoms with Gasteiger partial charge in [0.1, 0.15) is 5.75 Å². The number of carbonyl (C=O) groups is 1. The van der Waals surface area contributed by atoms with Crippen molar-refractivity contribution in [1.29, 1.82) is 0 Å². The van der Waals surface area contributed by atoms with Gasteiger partial charge in [-0.1, -0.05) is 26.0 Å². The Morgan fingerprint density at radius 2 is 1.95 bits per heavy atom. The van der Waals surface area contributed by atoms with Crippen molar-refractivity contribution in [3.63, 3.8) is 0 Å². The number of amides is 1. The van der Waals surface area contributed by atoms with Crippen LogP contribution in [0.15, 0.2) is 24.3 Å². The summed E-state index contributed by atoms with van der Waals surface area (Å²) in [6.07, 6.45) is 0.154. The monoisotopic (exact) mass is 279 g/mol. The molecular weight excluding hydrogens is 258 g/mol. The quantitative estimate of drug-likeness (QED) is 0.853. The summed E-state index contributed by atoms with van der Waals surface area (Å²) in [6.45, 7) is 3.52. The third-order valence-corrected chi connectivity index (χ3v) is 3.84. The van der Waals surface area contributed by atoms with Crippen LogP contribution < -0.4 is 9.64 Å². The van der Waals surface area contributed by atoms with Crippen molar-refractivity contribution in [2.24, 2.45) is 0 Å². The second-order valence-electron chi connectivity index (χ2n) is 5.02. The molecule has 0 radical (unpaired) electrons. The van der Waals surface area contributed by atoms with Gasteiger partial charge in [0.15, 0.2) is 5.60 Å². The maximum atomic E-state index is 12.7. The van der Waals surface area contributed by atoms with Crippen molar-refractivity contribution < 1.29 is 19.7 Å². The highest BCUT2D eigenvalue weighted by Crippen LogP contribution is 2.40. The summed E-state index contributed by atoms with van der Waals surface area (Å²) in [4.78, 5) is 14.3. The highest BCUT2D eigenvalue weighted by molar-refractivity contribution is 6.02. The Labute approximate surface area is 118 Å². The zero-order valence-corrected chi connectivity index (χ0v) is 11.9. The Balaban J connectivity index is 2.44. The van der Waals surface area contributed by atoms with E-state index in [1.54, 1.807) is 6.07 Å². The molecule has 1 amide bonds. The molecule has 0 saturated heterocycles. The van der Waals surface area contributed by atoms with Gasteiger partial charge in [-0.2, -0.15) is 0 Å². The van der Waals surface area contributed by atoms with Crippen LogP contribution in [0.5, 0.6) is 5.75 Å². The molecule has 1 unspecified atom stereocenters. The number of ether oxygens (including phenoxy) is 1. The van der Waals surface area contributed by atoms with Crippen molar-refractivity contribution >= 4 is 11.6 Å². The van der Waals surface area contributed by atoms with Gasteiger partial charge in [-0.15, -0.1) is 0 Å². The number of aliphatic hydroxyl groups is 2. The highest BCUT2D eigenvalue weighted by atomic mass is 16.5. The average molecular weight is 279 g/mol. The van der Waals surface area contributed by atoms with Crippen LogP contribution in [0.1, 0.15) is 26.7 Å². The zero-order chi connectivity index (χ0) is 14.8. The molecule has 1 heterocycles. The number of hydrogen-bond acceptors (Lipinski definition) is 4. The molecule has 0 aliphatic carbocycles. The van der Waals surface area contributed by atoms with Gasteiger partial charge in [-0.3, -0.25) is 4.79 Å². The molecule has 1 atom stereocenters. The molecule has 2 N–H and O–H groups in total. The van der Waals surface area contributed by atoms with E-state index in [9.17, 15) is 9.90 Å². The molecule has 1 aliphatic heterocycles. The van der Waals surface area contributed by atoms with E-state index < -0.39 is 11.7 Å². The number of benzene rings is 1. The lowest BCUT2D eigenvalue weighted by Gasteiger charge is -2.42. The molecule has 5 heteroatoms. The van der Waals surface area contributed by atoms with Gasteiger partial charge in [-0.25, -0.2) is 0 Å². The van der Waals surface area contributed by atoms with E-state index in [0.29, 0.717) is 24.3 Å². The van der Waals surface area contributed by atoms with Crippen LogP contribution in [0, 0.1) is 0 Å². The minimum Gasteiger partial charge on any atom is -0.475 e. The SMILES string of the molecule is CCC1(CC)Oc2ccccc2N(CC(O)CO)C1=O. The number of anilines is 1. The predicted molar refractivity (Wildman–Crippen MR) is 75.8 cm³/mol. The van der Waals surface area contributed by atoms with Gasteiger partial charge in [-0.05, 0) is 25.0 Å². The highest BCUT2D eigenvalue weighted by Gasteiger charge is 2.45. The predicted octanol–water partition coefficient (Wildman–Crippen LogP) is 1.32. The fraction of sp³-hybridized carbons (Fsp3) is 0.533. The molecule has 0 saturated carbocycles. The van der Waals surface area contributed by atoms with Crippen LogP contribution in [0.25, 0.3) is 0 Å². The fourth-order valence-electron chi connectivity index (χ4n) is 2.52. The molecule has 2 rings (SSSR count). The first-order valence-electron chi connectivity index (χ1n) is 6.97. The van der Waals surface area contributed by atoms with Crippen molar-refractivity contribution in [2.75, 3.05) is 18.1 Å². The molecule has 0 bridgehead atoms. The second kappa shape index (κ2) is 5.81. The summed E-state index contributed by atoms with van der Waals surface area (Å²) in [5, 5.41) is 18.7. The second-order valence-corrected chi connectivity index (χ2v) is 5.02. The number of rotatable bonds is 5. The Morgan fingerprint density at radius 3 is 2.55 bits per heavy atom. The molecule has 0 spiro atoms. The Hall–Kier alpha value is -1.59. The van der Waals surface area contributed by atoms with E-state index in [0.717, 1.165) is 0 Å². The smallest absolute Gasteiger partial charge is 0.271 e. The molecule has 1 aromatic carbocycles. The van der Waals surface area contributed by atoms with Crippen molar-refractivity contribution in [1.82, 2.24) is 0 Å². The minimum atomic E-state index is -0.962. The number of fused-ring (bicyclic) bond motifs is 1. The third-order valence-electron chi connectivity index (χ3n) is 3.84. The number of nitrogens with zero attached hydrogens (tertiary/aromatic N) is 1. The number of β-amino-alcohol motifs (C(OH)–C–C–N with tert-alkyl or cyclic N) is 1. The van der Waals surface area contributed by atoms with Gasteiger partial charge in [0.05, 0.1) is 24.9 Å². The number of hydrogen-bond donors (Lipinski definition) is 2. The van der Waals surface area contributed by atoms with Crippen molar-refractivity contribution in [2.45, 2.75) is 38.4 Å². The van der Waals surface area contributed by atoms with Gasteiger partial charge in [0, 0.05) is 0 Å². The Bertz CT molecular complexity index is 485. The van der Waals surface area contributed by atoms with Gasteiger partial charge in [0.25, 0.3) is 5.91 Å². The maximum absolute atomic E-state index is 12.7. The van der Waals surface area contributed by atoms with Crippen LogP contribution in [0.3, 0.4) is 0 Å². The Kier molecular flexibility index (Phi) is 4.30. The van der Waals surface area contributed by atoms with E-state index in [-0.39, 0.29) is 19.1 Å². The molecule has 5 nitrogen and oxygen atoms in total. The number of para-hydroxylation sites is 2. The van der Waals surface area contributed by atoms with Crippen LogP contribution in [0.2, 0.25) is 0 Å². The van der Waals surface area contributed by atoms with Gasteiger partial charge >= 0.3 is 0 Å². The lowest BCUT2D eigenvalue weighted by atomic mass is 9.92. The van der Waals surface area contributed by atoms with E-state index >= 15 is 0 Å². The summed E-state index contributed by atoms with van der Waals surface area (Å²) in [5.74, 6) is 0.481. The molecule has 1 aliphatic rings. The van der Waals surface area contributed by atoms with E-state index in [4.69, 9.17) is 9.84 Å².